The molecule has 3 N–H and O–H groups in total. The monoisotopic (exact) mass is 225 g/mol. The molecule has 2 fully saturated rings. The second-order valence-electron chi connectivity index (χ2n) is 5.20. The SMILES string of the molecule is CCCN(CC(N)=O)C1CC2CCC(C1)N2. The van der Waals surface area contributed by atoms with E-state index in [-0.39, 0.29) is 5.91 Å². The summed E-state index contributed by atoms with van der Waals surface area (Å²) in [5.74, 6) is -0.195. The molecule has 2 aliphatic rings. The summed E-state index contributed by atoms with van der Waals surface area (Å²) in [7, 11) is 0. The van der Waals surface area contributed by atoms with Crippen LogP contribution in [-0.4, -0.2) is 42.0 Å². The summed E-state index contributed by atoms with van der Waals surface area (Å²) >= 11 is 0. The zero-order valence-corrected chi connectivity index (χ0v) is 10.1. The Hall–Kier alpha value is -0.610. The normalized spacial score (nSPS) is 33.2. The molecule has 0 aliphatic carbocycles. The van der Waals surface area contributed by atoms with E-state index < -0.39 is 0 Å². The molecule has 16 heavy (non-hydrogen) atoms. The lowest BCUT2D eigenvalue weighted by atomic mass is 9.98. The highest BCUT2D eigenvalue weighted by Gasteiger charge is 2.35. The summed E-state index contributed by atoms with van der Waals surface area (Å²) in [6.45, 7) is 3.58. The number of nitrogens with two attached hydrogens (primary N) is 1. The molecule has 2 atom stereocenters. The van der Waals surface area contributed by atoms with E-state index >= 15 is 0 Å². The lowest BCUT2D eigenvalue weighted by molar-refractivity contribution is -0.119. The van der Waals surface area contributed by atoms with Crippen LogP contribution < -0.4 is 11.1 Å². The number of amides is 1. The molecule has 0 saturated carbocycles. The average Bonchev–Trinajstić information content (AvgIpc) is 2.56. The standard InChI is InChI=1S/C12H23N3O/c1-2-5-15(8-12(13)16)11-6-9-3-4-10(7-11)14-9/h9-11,14H,2-8H2,1H3,(H2,13,16). The molecule has 2 bridgehead atoms. The molecule has 0 aromatic rings. The first-order chi connectivity index (χ1) is 7.69. The van der Waals surface area contributed by atoms with Crippen molar-refractivity contribution in [3.63, 3.8) is 0 Å². The summed E-state index contributed by atoms with van der Waals surface area (Å²) in [6.07, 6.45) is 6.06. The first kappa shape index (κ1) is 11.9. The number of hydrogen-bond acceptors (Lipinski definition) is 3. The first-order valence-electron chi connectivity index (χ1n) is 6.47. The third kappa shape index (κ3) is 2.74. The van der Waals surface area contributed by atoms with Crippen molar-refractivity contribution < 1.29 is 4.79 Å². The number of nitrogens with zero attached hydrogens (tertiary/aromatic N) is 1. The van der Waals surface area contributed by atoms with Crippen LogP contribution in [0, 0.1) is 0 Å². The summed E-state index contributed by atoms with van der Waals surface area (Å²) < 4.78 is 0. The fraction of sp³-hybridized carbons (Fsp3) is 0.917. The molecule has 0 aromatic carbocycles. The van der Waals surface area contributed by atoms with Crippen molar-refractivity contribution in [2.45, 2.75) is 57.2 Å². The fourth-order valence-electron chi connectivity index (χ4n) is 3.20. The number of nitrogens with one attached hydrogen (secondary N) is 1. The Morgan fingerprint density at radius 3 is 2.50 bits per heavy atom. The van der Waals surface area contributed by atoms with E-state index in [2.05, 4.69) is 17.1 Å². The van der Waals surface area contributed by atoms with Gasteiger partial charge in [-0.05, 0) is 38.6 Å². The molecule has 0 radical (unpaired) electrons. The van der Waals surface area contributed by atoms with E-state index in [1.165, 1.54) is 25.7 Å². The van der Waals surface area contributed by atoms with Gasteiger partial charge < -0.3 is 11.1 Å². The van der Waals surface area contributed by atoms with Gasteiger partial charge in [-0.25, -0.2) is 0 Å². The Balaban J connectivity index is 1.94. The molecule has 0 aromatic heterocycles. The first-order valence-corrected chi connectivity index (χ1v) is 6.47. The number of rotatable bonds is 5. The van der Waals surface area contributed by atoms with Gasteiger partial charge >= 0.3 is 0 Å². The van der Waals surface area contributed by atoms with Crippen LogP contribution in [0.1, 0.15) is 39.0 Å². The molecular formula is C12H23N3O. The highest BCUT2D eigenvalue weighted by molar-refractivity contribution is 5.75. The van der Waals surface area contributed by atoms with Crippen molar-refractivity contribution in [2.75, 3.05) is 13.1 Å². The van der Waals surface area contributed by atoms with Crippen LogP contribution in [0.5, 0.6) is 0 Å². The molecule has 2 saturated heterocycles. The highest BCUT2D eigenvalue weighted by Crippen LogP contribution is 2.29. The molecular weight excluding hydrogens is 202 g/mol. The fourth-order valence-corrected chi connectivity index (χ4v) is 3.20. The van der Waals surface area contributed by atoms with Crippen LogP contribution in [0.4, 0.5) is 0 Å². The summed E-state index contributed by atoms with van der Waals surface area (Å²) in [4.78, 5) is 13.4. The van der Waals surface area contributed by atoms with Crippen LogP contribution in [-0.2, 0) is 4.79 Å². The molecule has 0 spiro atoms. The number of primary amides is 1. The van der Waals surface area contributed by atoms with E-state index in [1.54, 1.807) is 0 Å². The van der Waals surface area contributed by atoms with Crippen LogP contribution in [0.15, 0.2) is 0 Å². The predicted octanol–water partition coefficient (Wildman–Crippen LogP) is 0.467. The minimum Gasteiger partial charge on any atom is -0.369 e. The third-order valence-corrected chi connectivity index (χ3v) is 3.83. The third-order valence-electron chi connectivity index (χ3n) is 3.83. The zero-order chi connectivity index (χ0) is 11.5. The number of carbonyl (C=O) groups is 1. The molecule has 92 valence electrons. The van der Waals surface area contributed by atoms with Gasteiger partial charge in [0.1, 0.15) is 0 Å². The van der Waals surface area contributed by atoms with Gasteiger partial charge in [0.25, 0.3) is 0 Å². The van der Waals surface area contributed by atoms with Gasteiger partial charge in [0.2, 0.25) is 5.91 Å². The Bertz CT molecular complexity index is 245. The Morgan fingerprint density at radius 1 is 1.38 bits per heavy atom. The van der Waals surface area contributed by atoms with Crippen molar-refractivity contribution in [2.24, 2.45) is 5.73 Å². The Kier molecular flexibility index (Phi) is 3.82. The van der Waals surface area contributed by atoms with Gasteiger partial charge in [0, 0.05) is 18.1 Å². The quantitative estimate of drug-likeness (QED) is 0.715. The number of carbonyl (C=O) groups excluding carboxylic acids is 1. The van der Waals surface area contributed by atoms with Crippen LogP contribution >= 0.6 is 0 Å². The Morgan fingerprint density at radius 2 is 2.00 bits per heavy atom. The molecule has 1 amide bonds. The second-order valence-corrected chi connectivity index (χ2v) is 5.20. The number of hydrogen-bond donors (Lipinski definition) is 2. The molecule has 4 nitrogen and oxygen atoms in total. The van der Waals surface area contributed by atoms with Gasteiger partial charge in [0.05, 0.1) is 6.54 Å². The van der Waals surface area contributed by atoms with Crippen molar-refractivity contribution in [3.05, 3.63) is 0 Å². The lowest BCUT2D eigenvalue weighted by Gasteiger charge is -2.37. The smallest absolute Gasteiger partial charge is 0.231 e. The average molecular weight is 225 g/mol. The van der Waals surface area contributed by atoms with Crippen LogP contribution in [0.2, 0.25) is 0 Å². The van der Waals surface area contributed by atoms with Crippen LogP contribution in [0.3, 0.4) is 0 Å². The molecule has 4 heteroatoms. The summed E-state index contributed by atoms with van der Waals surface area (Å²) in [5.41, 5.74) is 5.32. The van der Waals surface area contributed by atoms with Crippen molar-refractivity contribution >= 4 is 5.91 Å². The van der Waals surface area contributed by atoms with Gasteiger partial charge in [-0.3, -0.25) is 9.69 Å². The maximum absolute atomic E-state index is 11.1. The van der Waals surface area contributed by atoms with Crippen molar-refractivity contribution in [1.82, 2.24) is 10.2 Å². The molecule has 2 heterocycles. The topological polar surface area (TPSA) is 58.4 Å². The van der Waals surface area contributed by atoms with E-state index in [0.717, 1.165) is 13.0 Å². The van der Waals surface area contributed by atoms with E-state index in [1.807, 2.05) is 0 Å². The number of piperidine rings is 1. The van der Waals surface area contributed by atoms with Gasteiger partial charge in [-0.1, -0.05) is 6.92 Å². The lowest BCUT2D eigenvalue weighted by Crippen LogP contribution is -2.50. The van der Waals surface area contributed by atoms with Gasteiger partial charge in [-0.2, -0.15) is 0 Å². The van der Waals surface area contributed by atoms with Gasteiger partial charge in [0.15, 0.2) is 0 Å². The zero-order valence-electron chi connectivity index (χ0n) is 10.1. The molecule has 2 unspecified atom stereocenters. The predicted molar refractivity (Wildman–Crippen MR) is 64.0 cm³/mol. The van der Waals surface area contributed by atoms with E-state index in [4.69, 9.17) is 5.73 Å². The largest absolute Gasteiger partial charge is 0.369 e. The minimum atomic E-state index is -0.195. The highest BCUT2D eigenvalue weighted by atomic mass is 16.1. The molecule has 2 rings (SSSR count). The van der Waals surface area contributed by atoms with Crippen LogP contribution in [0.25, 0.3) is 0 Å². The Labute approximate surface area is 97.6 Å². The van der Waals surface area contributed by atoms with Crippen molar-refractivity contribution in [1.29, 1.82) is 0 Å². The summed E-state index contributed by atoms with van der Waals surface area (Å²) in [6, 6.07) is 1.91. The van der Waals surface area contributed by atoms with Gasteiger partial charge in [-0.15, -0.1) is 0 Å². The number of fused-ring (bicyclic) bond motifs is 2. The minimum absolute atomic E-state index is 0.195. The van der Waals surface area contributed by atoms with Crippen molar-refractivity contribution in [3.8, 4) is 0 Å². The maximum atomic E-state index is 11.1. The molecule has 2 aliphatic heterocycles. The van der Waals surface area contributed by atoms with E-state index in [0.29, 0.717) is 24.7 Å². The second kappa shape index (κ2) is 5.15. The summed E-state index contributed by atoms with van der Waals surface area (Å²) in [5, 5.41) is 3.63. The van der Waals surface area contributed by atoms with E-state index in [9.17, 15) is 4.79 Å². The maximum Gasteiger partial charge on any atom is 0.231 e.